The van der Waals surface area contributed by atoms with Crippen LogP contribution in [0.2, 0.25) is 0 Å². The largest absolute Gasteiger partial charge is 0.451 e. The van der Waals surface area contributed by atoms with Gasteiger partial charge in [0.1, 0.15) is 6.04 Å². The number of aliphatic hydroxyl groups is 1. The molecule has 0 radical (unpaired) electrons. The van der Waals surface area contributed by atoms with Gasteiger partial charge in [-0.2, -0.15) is 0 Å². The van der Waals surface area contributed by atoms with Crippen LogP contribution in [0.1, 0.15) is 24.2 Å². The molecule has 0 aliphatic rings. The van der Waals surface area contributed by atoms with Crippen LogP contribution in [-0.4, -0.2) is 23.2 Å². The summed E-state index contributed by atoms with van der Waals surface area (Å²) in [6.07, 6.45) is -1.49. The third kappa shape index (κ3) is 3.90. The molecule has 1 unspecified atom stereocenters. The first-order chi connectivity index (χ1) is 10.1. The van der Waals surface area contributed by atoms with E-state index in [0.29, 0.717) is 0 Å². The van der Waals surface area contributed by atoms with Gasteiger partial charge in [-0.15, -0.1) is 0 Å². The van der Waals surface area contributed by atoms with E-state index in [4.69, 9.17) is 10.5 Å². The highest BCUT2D eigenvalue weighted by atomic mass is 16.5. The molecule has 0 saturated heterocycles. The Kier molecular flexibility index (Phi) is 5.09. The highest BCUT2D eigenvalue weighted by Gasteiger charge is 2.25. The first kappa shape index (κ1) is 15.2. The maximum atomic E-state index is 12.0. The van der Waals surface area contributed by atoms with Crippen molar-refractivity contribution in [3.63, 3.8) is 0 Å². The van der Waals surface area contributed by atoms with Crippen LogP contribution in [0.4, 0.5) is 0 Å². The minimum atomic E-state index is -1.06. The Morgan fingerprint density at radius 2 is 1.43 bits per heavy atom. The Bertz CT molecular complexity index is 530. The smallest absolute Gasteiger partial charge is 0.326 e. The highest BCUT2D eigenvalue weighted by molar-refractivity contribution is 5.76. The Morgan fingerprint density at radius 3 is 1.81 bits per heavy atom. The summed E-state index contributed by atoms with van der Waals surface area (Å²) in [4.78, 5) is 12.0. The molecule has 4 nitrogen and oxygen atoms in total. The van der Waals surface area contributed by atoms with Crippen LogP contribution in [0.3, 0.4) is 0 Å². The number of hydrogen-bond acceptors (Lipinski definition) is 4. The van der Waals surface area contributed by atoms with E-state index in [0.717, 1.165) is 11.1 Å². The minimum absolute atomic E-state index is 0.537. The molecule has 0 bridgehead atoms. The molecule has 0 aliphatic carbocycles. The lowest BCUT2D eigenvalue weighted by Crippen LogP contribution is -2.42. The number of hydrogen-bond donors (Lipinski definition) is 2. The molecule has 2 aromatic rings. The summed E-state index contributed by atoms with van der Waals surface area (Å²) < 4.78 is 5.52. The predicted octanol–water partition coefficient (Wildman–Crippen LogP) is 2.03. The molecule has 0 amide bonds. The van der Waals surface area contributed by atoms with Crippen molar-refractivity contribution in [3.8, 4) is 0 Å². The molecule has 4 heteroatoms. The highest BCUT2D eigenvalue weighted by Crippen LogP contribution is 2.26. The predicted molar refractivity (Wildman–Crippen MR) is 80.5 cm³/mol. The average Bonchev–Trinajstić information content (AvgIpc) is 2.53. The summed E-state index contributed by atoms with van der Waals surface area (Å²) in [7, 11) is 0. The monoisotopic (exact) mass is 285 g/mol. The molecule has 0 fully saturated rings. The molecular formula is C17H19NO3. The van der Waals surface area contributed by atoms with Crippen molar-refractivity contribution in [3.05, 3.63) is 71.8 Å². The molecular weight excluding hydrogens is 266 g/mol. The van der Waals surface area contributed by atoms with E-state index in [1.54, 1.807) is 0 Å². The van der Waals surface area contributed by atoms with Gasteiger partial charge in [-0.25, -0.2) is 0 Å². The zero-order valence-corrected chi connectivity index (χ0v) is 11.8. The fourth-order valence-corrected chi connectivity index (χ4v) is 1.98. The summed E-state index contributed by atoms with van der Waals surface area (Å²) in [5, 5.41) is 9.42. The number of aliphatic hydroxyl groups excluding tert-OH is 1. The van der Waals surface area contributed by atoms with E-state index in [9.17, 15) is 9.90 Å². The van der Waals surface area contributed by atoms with E-state index in [-0.39, 0.29) is 0 Å². The van der Waals surface area contributed by atoms with Crippen molar-refractivity contribution in [1.29, 1.82) is 0 Å². The Hall–Kier alpha value is -2.17. The van der Waals surface area contributed by atoms with Crippen LogP contribution in [-0.2, 0) is 9.53 Å². The van der Waals surface area contributed by atoms with Crippen molar-refractivity contribution in [2.45, 2.75) is 25.2 Å². The lowest BCUT2D eigenvalue weighted by molar-refractivity contribution is -0.151. The lowest BCUT2D eigenvalue weighted by atomic mass is 10.0. The van der Waals surface area contributed by atoms with E-state index in [2.05, 4.69) is 0 Å². The molecule has 2 aromatic carbocycles. The summed E-state index contributed by atoms with van der Waals surface area (Å²) in [6.45, 7) is 1.46. The maximum absolute atomic E-state index is 12.0. The van der Waals surface area contributed by atoms with Crippen molar-refractivity contribution in [2.24, 2.45) is 5.73 Å². The van der Waals surface area contributed by atoms with Crippen molar-refractivity contribution in [2.75, 3.05) is 0 Å². The summed E-state index contributed by atoms with van der Waals surface area (Å²) in [5.41, 5.74) is 7.35. The normalized spacial score (nSPS) is 13.7. The van der Waals surface area contributed by atoms with Gasteiger partial charge >= 0.3 is 5.97 Å². The lowest BCUT2D eigenvalue weighted by Gasteiger charge is -2.22. The van der Waals surface area contributed by atoms with Crippen molar-refractivity contribution < 1.29 is 14.6 Å². The van der Waals surface area contributed by atoms with Crippen LogP contribution in [0.15, 0.2) is 60.7 Å². The van der Waals surface area contributed by atoms with Crippen LogP contribution >= 0.6 is 0 Å². The Morgan fingerprint density at radius 1 is 1.00 bits per heavy atom. The van der Waals surface area contributed by atoms with Crippen LogP contribution in [0, 0.1) is 0 Å². The molecule has 0 heterocycles. The van der Waals surface area contributed by atoms with E-state index < -0.39 is 24.2 Å². The number of rotatable bonds is 5. The fraction of sp³-hybridized carbons (Fsp3) is 0.235. The van der Waals surface area contributed by atoms with Gasteiger partial charge in [-0.3, -0.25) is 4.79 Å². The first-order valence-corrected chi connectivity index (χ1v) is 6.83. The van der Waals surface area contributed by atoms with Gasteiger partial charge < -0.3 is 15.6 Å². The topological polar surface area (TPSA) is 72.5 Å². The number of benzene rings is 2. The number of nitrogens with two attached hydrogens (primary N) is 1. The Balaban J connectivity index is 2.28. The maximum Gasteiger partial charge on any atom is 0.326 e. The molecule has 0 spiro atoms. The van der Waals surface area contributed by atoms with Crippen molar-refractivity contribution in [1.82, 2.24) is 0 Å². The fourth-order valence-electron chi connectivity index (χ4n) is 1.98. The average molecular weight is 285 g/mol. The number of carbonyl (C=O) groups excluding carboxylic acids is 1. The van der Waals surface area contributed by atoms with Crippen LogP contribution < -0.4 is 5.73 Å². The summed E-state index contributed by atoms with van der Waals surface area (Å²) in [5.74, 6) is -0.622. The van der Waals surface area contributed by atoms with Gasteiger partial charge in [0.05, 0.1) is 6.10 Å². The molecule has 21 heavy (non-hydrogen) atoms. The van der Waals surface area contributed by atoms with Crippen molar-refractivity contribution >= 4 is 5.97 Å². The molecule has 110 valence electrons. The number of carbonyl (C=O) groups is 1. The van der Waals surface area contributed by atoms with Gasteiger partial charge in [-0.05, 0) is 18.1 Å². The first-order valence-electron chi connectivity index (χ1n) is 6.83. The zero-order chi connectivity index (χ0) is 15.2. The van der Waals surface area contributed by atoms with Crippen LogP contribution in [0.25, 0.3) is 0 Å². The van der Waals surface area contributed by atoms with Gasteiger partial charge in [0.2, 0.25) is 0 Å². The molecule has 3 N–H and O–H groups in total. The number of esters is 1. The standard InChI is InChI=1S/C17H19NO3/c1-12(19)15(18)17(20)21-16(13-8-4-2-5-9-13)14-10-6-3-7-11-14/h2-12,15-16,19H,18H2,1H3/t12?,15-/m1/s1. The van der Waals surface area contributed by atoms with Gasteiger partial charge in [0.25, 0.3) is 0 Å². The SMILES string of the molecule is CC(O)[C@@H](N)C(=O)OC(c1ccccc1)c1ccccc1. The third-order valence-electron chi connectivity index (χ3n) is 3.23. The molecule has 2 rings (SSSR count). The minimum Gasteiger partial charge on any atom is -0.451 e. The Labute approximate surface area is 124 Å². The van der Waals surface area contributed by atoms with E-state index in [1.807, 2.05) is 60.7 Å². The molecule has 2 atom stereocenters. The molecule has 0 aromatic heterocycles. The van der Waals surface area contributed by atoms with E-state index >= 15 is 0 Å². The van der Waals surface area contributed by atoms with Crippen LogP contribution in [0.5, 0.6) is 0 Å². The quantitative estimate of drug-likeness (QED) is 0.824. The van der Waals surface area contributed by atoms with Gasteiger partial charge in [-0.1, -0.05) is 60.7 Å². The number of ether oxygens (including phenoxy) is 1. The molecule has 0 saturated carbocycles. The van der Waals surface area contributed by atoms with Gasteiger partial charge in [0.15, 0.2) is 6.10 Å². The second-order valence-electron chi connectivity index (χ2n) is 4.90. The second kappa shape index (κ2) is 7.02. The summed E-state index contributed by atoms with van der Waals surface area (Å²) in [6, 6.07) is 17.8. The molecule has 0 aliphatic heterocycles. The summed E-state index contributed by atoms with van der Waals surface area (Å²) >= 11 is 0. The van der Waals surface area contributed by atoms with E-state index in [1.165, 1.54) is 6.92 Å². The second-order valence-corrected chi connectivity index (χ2v) is 4.90. The van der Waals surface area contributed by atoms with Gasteiger partial charge in [0, 0.05) is 0 Å². The third-order valence-corrected chi connectivity index (χ3v) is 3.23. The zero-order valence-electron chi connectivity index (χ0n) is 11.8.